The van der Waals surface area contributed by atoms with Crippen LogP contribution in [0.2, 0.25) is 0 Å². The third-order valence-electron chi connectivity index (χ3n) is 10.1. The summed E-state index contributed by atoms with van der Waals surface area (Å²) < 4.78 is 97.8. The largest absolute Gasteiger partial charge is 0.480 e. The van der Waals surface area contributed by atoms with Crippen molar-refractivity contribution in [1.82, 2.24) is 30.2 Å². The molecular formula is C40H54F6N6O9. The van der Waals surface area contributed by atoms with Gasteiger partial charge in [-0.1, -0.05) is 30.3 Å². The van der Waals surface area contributed by atoms with Gasteiger partial charge in [-0.2, -0.15) is 26.3 Å². The number of carboxylic acids is 2. The Hall–Kier alpha value is -4.38. The highest BCUT2D eigenvalue weighted by Crippen LogP contribution is 2.38. The number of amides is 2. The van der Waals surface area contributed by atoms with Crippen LogP contribution >= 0.6 is 0 Å². The summed E-state index contributed by atoms with van der Waals surface area (Å²) in [6, 6.07) is 9.92. The van der Waals surface area contributed by atoms with Crippen LogP contribution in [0.4, 0.5) is 26.3 Å². The minimum atomic E-state index is -4.98. The molecule has 15 nitrogen and oxygen atoms in total. The van der Waals surface area contributed by atoms with Gasteiger partial charge in [0.2, 0.25) is 11.8 Å². The summed E-state index contributed by atoms with van der Waals surface area (Å²) in [6.45, 7) is 3.39. The van der Waals surface area contributed by atoms with Crippen LogP contribution in [0.15, 0.2) is 48.5 Å². The Labute approximate surface area is 349 Å². The number of alkyl halides is 6. The lowest BCUT2D eigenvalue weighted by Crippen LogP contribution is -2.47. The Morgan fingerprint density at radius 3 is 1.59 bits per heavy atom. The maximum Gasteiger partial charge on any atom is 0.416 e. The molecule has 0 aromatic heterocycles. The smallest absolute Gasteiger partial charge is 0.416 e. The van der Waals surface area contributed by atoms with E-state index in [9.17, 15) is 55.7 Å². The minimum absolute atomic E-state index is 0.0415. The van der Waals surface area contributed by atoms with Gasteiger partial charge in [0.05, 0.1) is 82.5 Å². The van der Waals surface area contributed by atoms with Gasteiger partial charge in [0.1, 0.15) is 0 Å². The molecular weight excluding hydrogens is 822 g/mol. The van der Waals surface area contributed by atoms with Gasteiger partial charge in [0.15, 0.2) is 0 Å². The Kier molecular flexibility index (Phi) is 19.6. The number of hydrogen-bond donors (Lipinski definition) is 4. The van der Waals surface area contributed by atoms with Crippen LogP contribution in [0.5, 0.6) is 0 Å². The number of carbonyl (C=O) groups is 4. The molecule has 2 fully saturated rings. The fourth-order valence-electron chi connectivity index (χ4n) is 7.15. The predicted octanol–water partition coefficient (Wildman–Crippen LogP) is 2.80. The zero-order chi connectivity index (χ0) is 44.4. The van der Waals surface area contributed by atoms with Crippen LogP contribution in [0, 0.1) is 0 Å². The molecule has 4 rings (SSSR count). The fourth-order valence-corrected chi connectivity index (χ4v) is 7.15. The molecule has 0 saturated carbocycles. The number of carbonyl (C=O) groups excluding carboxylic acids is 2. The Morgan fingerprint density at radius 1 is 0.639 bits per heavy atom. The zero-order valence-electron chi connectivity index (χ0n) is 33.7. The molecule has 0 radical (unpaired) electrons. The van der Waals surface area contributed by atoms with E-state index in [4.69, 9.17) is 14.2 Å². The molecule has 21 heteroatoms. The summed E-state index contributed by atoms with van der Waals surface area (Å²) in [7, 11) is 0. The Bertz CT molecular complexity index is 1650. The maximum atomic E-state index is 13.5. The quantitative estimate of drug-likeness (QED) is 0.107. The van der Waals surface area contributed by atoms with E-state index < -0.39 is 54.2 Å². The van der Waals surface area contributed by atoms with Gasteiger partial charge in [-0.3, -0.25) is 38.8 Å². The number of hydrogen-bond acceptors (Lipinski definition) is 11. The molecule has 0 bridgehead atoms. The molecule has 2 heterocycles. The first-order valence-corrected chi connectivity index (χ1v) is 20.0. The number of carboxylic acid groups (broad SMARTS) is 2. The van der Waals surface area contributed by atoms with Crippen molar-refractivity contribution in [3.05, 3.63) is 70.8 Å². The van der Waals surface area contributed by atoms with E-state index in [-0.39, 0.29) is 89.1 Å². The lowest BCUT2D eigenvalue weighted by molar-refractivity contribution is -0.143. The SMILES string of the molecule is O=C(O)CN1CCN(CC(=O)O)CCN(CC(=O)NCCOCCOCCNC(=O)CN2CCC[C@H](OCc3cc(C(F)(F)F)cc(C(F)(F)F)c3)[C@@H]2c2ccccc2)CC1. The minimum Gasteiger partial charge on any atom is -0.480 e. The second-order valence-electron chi connectivity index (χ2n) is 14.8. The van der Waals surface area contributed by atoms with Crippen molar-refractivity contribution in [2.45, 2.75) is 43.9 Å². The summed E-state index contributed by atoms with van der Waals surface area (Å²) in [5, 5.41) is 24.0. The van der Waals surface area contributed by atoms with Gasteiger partial charge >= 0.3 is 24.3 Å². The van der Waals surface area contributed by atoms with Gasteiger partial charge in [0, 0.05) is 52.4 Å². The molecule has 0 aliphatic carbocycles. The number of likely N-dealkylation sites (tertiary alicyclic amines) is 1. The van der Waals surface area contributed by atoms with Crippen molar-refractivity contribution in [3.8, 4) is 0 Å². The molecule has 2 aliphatic heterocycles. The molecule has 0 spiro atoms. The van der Waals surface area contributed by atoms with Crippen molar-refractivity contribution in [1.29, 1.82) is 0 Å². The normalized spacial score (nSPS) is 19.1. The topological polar surface area (TPSA) is 173 Å². The fraction of sp³-hybridized carbons (Fsp3) is 0.600. The van der Waals surface area contributed by atoms with Crippen LogP contribution in [0.3, 0.4) is 0 Å². The number of piperidine rings is 1. The first-order valence-electron chi connectivity index (χ1n) is 20.0. The highest BCUT2D eigenvalue weighted by molar-refractivity contribution is 5.78. The van der Waals surface area contributed by atoms with Gasteiger partial charge in [-0.05, 0) is 48.7 Å². The summed E-state index contributed by atoms with van der Waals surface area (Å²) >= 11 is 0. The lowest BCUT2D eigenvalue weighted by Gasteiger charge is -2.41. The van der Waals surface area contributed by atoms with E-state index in [2.05, 4.69) is 10.6 Å². The van der Waals surface area contributed by atoms with E-state index >= 15 is 0 Å². The lowest BCUT2D eigenvalue weighted by atomic mass is 9.92. The number of halogens is 6. The number of aliphatic carboxylic acids is 2. The van der Waals surface area contributed by atoms with Crippen molar-refractivity contribution in [2.75, 3.05) is 112 Å². The predicted molar refractivity (Wildman–Crippen MR) is 207 cm³/mol. The van der Waals surface area contributed by atoms with Crippen molar-refractivity contribution in [2.24, 2.45) is 0 Å². The van der Waals surface area contributed by atoms with E-state index in [0.717, 1.165) is 5.56 Å². The number of ether oxygens (including phenoxy) is 3. The van der Waals surface area contributed by atoms with Crippen molar-refractivity contribution < 1.29 is 69.9 Å². The molecule has 2 saturated heterocycles. The van der Waals surface area contributed by atoms with Crippen molar-refractivity contribution in [3.63, 3.8) is 0 Å². The van der Waals surface area contributed by atoms with E-state index in [1.807, 2.05) is 21.9 Å². The average molecular weight is 877 g/mol. The summed E-state index contributed by atoms with van der Waals surface area (Å²) in [4.78, 5) is 55.3. The summed E-state index contributed by atoms with van der Waals surface area (Å²) in [5.74, 6) is -2.55. The van der Waals surface area contributed by atoms with Gasteiger partial charge in [-0.15, -0.1) is 0 Å². The molecule has 4 N–H and O–H groups in total. The number of benzene rings is 2. The molecule has 340 valence electrons. The van der Waals surface area contributed by atoms with Crippen LogP contribution in [0.1, 0.15) is 41.1 Å². The Balaban J connectivity index is 1.15. The third kappa shape index (κ3) is 17.9. The average Bonchev–Trinajstić information content (AvgIpc) is 3.27. The first-order chi connectivity index (χ1) is 29.0. The van der Waals surface area contributed by atoms with Gasteiger partial charge < -0.3 is 35.1 Å². The first kappa shape index (κ1) is 49.3. The molecule has 2 amide bonds. The highest BCUT2D eigenvalue weighted by Gasteiger charge is 2.38. The molecule has 2 aromatic carbocycles. The van der Waals surface area contributed by atoms with Crippen LogP contribution in [0.25, 0.3) is 0 Å². The summed E-state index contributed by atoms with van der Waals surface area (Å²) in [6.07, 6.45) is -9.55. The number of rotatable bonds is 21. The second kappa shape index (κ2) is 24.3. The van der Waals surface area contributed by atoms with E-state index in [1.54, 1.807) is 28.0 Å². The monoisotopic (exact) mass is 876 g/mol. The molecule has 2 aromatic rings. The third-order valence-corrected chi connectivity index (χ3v) is 10.1. The van der Waals surface area contributed by atoms with Crippen LogP contribution < -0.4 is 10.6 Å². The maximum absolute atomic E-state index is 13.5. The number of nitrogens with zero attached hydrogens (tertiary/aromatic N) is 4. The highest BCUT2D eigenvalue weighted by atomic mass is 19.4. The second-order valence-corrected chi connectivity index (χ2v) is 14.8. The van der Waals surface area contributed by atoms with Crippen LogP contribution in [-0.4, -0.2) is 171 Å². The molecule has 0 unspecified atom stereocenters. The van der Waals surface area contributed by atoms with Crippen LogP contribution in [-0.2, 0) is 52.3 Å². The van der Waals surface area contributed by atoms with E-state index in [1.165, 1.54) is 0 Å². The zero-order valence-corrected chi connectivity index (χ0v) is 33.7. The van der Waals surface area contributed by atoms with Gasteiger partial charge in [-0.25, -0.2) is 0 Å². The number of nitrogens with one attached hydrogen (secondary N) is 2. The van der Waals surface area contributed by atoms with Gasteiger partial charge in [0.25, 0.3) is 0 Å². The summed E-state index contributed by atoms with van der Waals surface area (Å²) in [5.41, 5.74) is -2.33. The molecule has 61 heavy (non-hydrogen) atoms. The Morgan fingerprint density at radius 2 is 1.11 bits per heavy atom. The molecule has 2 aliphatic rings. The molecule has 2 atom stereocenters. The van der Waals surface area contributed by atoms with Crippen molar-refractivity contribution >= 4 is 23.8 Å². The van der Waals surface area contributed by atoms with E-state index in [0.29, 0.717) is 70.8 Å². The standard InChI is InChI=1S/C40H54F6N6O9/c41-39(42,43)31-21-29(22-32(23-31)40(44,45)46)28-61-33-7-4-10-52(38(33)30-5-2-1-3-6-30)25-35(54)48-9-18-60-20-19-59-17-8-47-34(53)24-49-11-13-50(26-36(55)56)15-16-51(14-12-49)27-37(57)58/h1-3,5-6,21-23,33,38H,4,7-20,24-28H2,(H,47,53)(H,48,54)(H,55,56)(H,57,58)/t33-,38-/m0/s1.